The number of nitrogens with zero attached hydrogens (tertiary/aromatic N) is 2. The lowest BCUT2D eigenvalue weighted by molar-refractivity contribution is -0.123. The van der Waals surface area contributed by atoms with Crippen molar-refractivity contribution >= 4 is 17.8 Å². The van der Waals surface area contributed by atoms with Gasteiger partial charge in [0.25, 0.3) is 5.91 Å². The normalized spacial score (nSPS) is 16.0. The summed E-state index contributed by atoms with van der Waals surface area (Å²) < 4.78 is 13.2. The van der Waals surface area contributed by atoms with Crippen LogP contribution in [0.4, 0.5) is 9.18 Å². The summed E-state index contributed by atoms with van der Waals surface area (Å²) in [7, 11) is 1.34. The number of rotatable bonds is 4. The van der Waals surface area contributed by atoms with Crippen molar-refractivity contribution in [1.29, 1.82) is 5.41 Å². The quantitative estimate of drug-likeness (QED) is 0.578. The van der Waals surface area contributed by atoms with E-state index < -0.39 is 17.9 Å². The molecule has 8 heteroatoms. The van der Waals surface area contributed by atoms with E-state index in [2.05, 4.69) is 15.6 Å². The third-order valence-electron chi connectivity index (χ3n) is 3.86. The minimum absolute atomic E-state index is 0.0766. The molecule has 3 rings (SSSR count). The molecule has 26 heavy (non-hydrogen) atoms. The maximum Gasteiger partial charge on any atom is 0.329 e. The Balaban J connectivity index is 1.66. The van der Waals surface area contributed by atoms with Crippen molar-refractivity contribution in [2.24, 2.45) is 0 Å². The zero-order valence-electron chi connectivity index (χ0n) is 13.9. The number of nitrogens with one attached hydrogen (secondary N) is 3. The lowest BCUT2D eigenvalue weighted by Gasteiger charge is -2.24. The van der Waals surface area contributed by atoms with E-state index >= 15 is 0 Å². The molecule has 1 aliphatic rings. The van der Waals surface area contributed by atoms with Gasteiger partial charge in [-0.15, -0.1) is 0 Å². The summed E-state index contributed by atoms with van der Waals surface area (Å²) in [4.78, 5) is 28.1. The minimum atomic E-state index is -0.626. The number of amidine groups is 1. The number of carbonyl (C=O) groups is 2. The topological polar surface area (TPSA) is 98.2 Å². The third-order valence-corrected chi connectivity index (χ3v) is 3.86. The summed E-state index contributed by atoms with van der Waals surface area (Å²) in [5.74, 6) is -1.31. The SMILES string of the molecule is CN1C(=O)NC(=N)/C(=C\NCc2ccc(-c3cccc(F)n3)cc2)C1=O. The summed E-state index contributed by atoms with van der Waals surface area (Å²) in [6, 6.07) is 11.4. The molecular formula is C18H16FN5O2. The van der Waals surface area contributed by atoms with Crippen molar-refractivity contribution in [2.75, 3.05) is 7.05 Å². The lowest BCUT2D eigenvalue weighted by Crippen LogP contribution is -2.52. The highest BCUT2D eigenvalue weighted by atomic mass is 19.1. The second-order valence-electron chi connectivity index (χ2n) is 5.65. The van der Waals surface area contributed by atoms with E-state index in [1.54, 1.807) is 12.1 Å². The van der Waals surface area contributed by atoms with Gasteiger partial charge in [-0.3, -0.25) is 20.4 Å². The highest BCUT2D eigenvalue weighted by Crippen LogP contribution is 2.17. The Bertz CT molecular complexity index is 908. The van der Waals surface area contributed by atoms with Gasteiger partial charge in [0.05, 0.1) is 11.3 Å². The van der Waals surface area contributed by atoms with Gasteiger partial charge < -0.3 is 5.32 Å². The van der Waals surface area contributed by atoms with Gasteiger partial charge in [-0.05, 0) is 17.7 Å². The molecule has 0 atom stereocenters. The summed E-state index contributed by atoms with van der Waals surface area (Å²) in [6.07, 6.45) is 1.41. The molecule has 3 N–H and O–H groups in total. The summed E-state index contributed by atoms with van der Waals surface area (Å²) in [5.41, 5.74) is 2.34. The Labute approximate surface area is 149 Å². The van der Waals surface area contributed by atoms with Crippen molar-refractivity contribution in [1.82, 2.24) is 20.5 Å². The number of urea groups is 1. The molecule has 132 valence electrons. The number of aromatic nitrogens is 1. The minimum Gasteiger partial charge on any atom is -0.386 e. The molecule has 0 spiro atoms. The van der Waals surface area contributed by atoms with Crippen LogP contribution in [0.25, 0.3) is 11.3 Å². The van der Waals surface area contributed by atoms with Crippen LogP contribution in [0.3, 0.4) is 0 Å². The zero-order valence-corrected chi connectivity index (χ0v) is 13.9. The number of carbonyl (C=O) groups excluding carboxylic acids is 2. The fraction of sp³-hybridized carbons (Fsp3) is 0.111. The molecular weight excluding hydrogens is 337 g/mol. The second-order valence-corrected chi connectivity index (χ2v) is 5.65. The predicted octanol–water partition coefficient (Wildman–Crippen LogP) is 2.02. The summed E-state index contributed by atoms with van der Waals surface area (Å²) in [6.45, 7) is 0.415. The monoisotopic (exact) mass is 353 g/mol. The molecule has 0 saturated carbocycles. The van der Waals surface area contributed by atoms with Crippen LogP contribution in [-0.2, 0) is 11.3 Å². The van der Waals surface area contributed by atoms with E-state index in [-0.39, 0.29) is 11.4 Å². The molecule has 0 unspecified atom stereocenters. The molecule has 1 saturated heterocycles. The second kappa shape index (κ2) is 7.14. The molecule has 0 bridgehead atoms. The number of halogens is 1. The first-order valence-electron chi connectivity index (χ1n) is 7.79. The smallest absolute Gasteiger partial charge is 0.329 e. The molecule has 7 nitrogen and oxygen atoms in total. The van der Waals surface area contributed by atoms with Gasteiger partial charge in [0.15, 0.2) is 0 Å². The van der Waals surface area contributed by atoms with Gasteiger partial charge in [-0.2, -0.15) is 4.39 Å². The van der Waals surface area contributed by atoms with Crippen molar-refractivity contribution < 1.29 is 14.0 Å². The zero-order chi connectivity index (χ0) is 18.7. The van der Waals surface area contributed by atoms with Gasteiger partial charge in [0.2, 0.25) is 5.95 Å². The average Bonchev–Trinajstić information content (AvgIpc) is 2.63. The van der Waals surface area contributed by atoms with Crippen LogP contribution in [0, 0.1) is 11.4 Å². The Morgan fingerprint density at radius 3 is 2.65 bits per heavy atom. The maximum absolute atomic E-state index is 13.2. The molecule has 0 aliphatic carbocycles. The number of hydrogen-bond donors (Lipinski definition) is 3. The molecule has 1 aromatic heterocycles. The summed E-state index contributed by atoms with van der Waals surface area (Å²) >= 11 is 0. The highest BCUT2D eigenvalue weighted by Gasteiger charge is 2.30. The molecule has 2 aromatic rings. The third kappa shape index (κ3) is 3.59. The Hall–Kier alpha value is -3.55. The van der Waals surface area contributed by atoms with Crippen LogP contribution >= 0.6 is 0 Å². The fourth-order valence-electron chi connectivity index (χ4n) is 2.41. The number of hydrogen-bond acceptors (Lipinski definition) is 5. The Morgan fingerprint density at radius 2 is 1.96 bits per heavy atom. The van der Waals surface area contributed by atoms with E-state index in [4.69, 9.17) is 5.41 Å². The van der Waals surface area contributed by atoms with E-state index in [1.165, 1.54) is 19.3 Å². The highest BCUT2D eigenvalue weighted by molar-refractivity contribution is 6.29. The first kappa shape index (κ1) is 17.3. The molecule has 1 fully saturated rings. The van der Waals surface area contributed by atoms with Gasteiger partial charge in [-0.1, -0.05) is 30.3 Å². The van der Waals surface area contributed by atoms with Crippen molar-refractivity contribution in [2.45, 2.75) is 6.54 Å². The number of pyridine rings is 1. The van der Waals surface area contributed by atoms with E-state index in [9.17, 15) is 14.0 Å². The van der Waals surface area contributed by atoms with Gasteiger partial charge in [-0.25, -0.2) is 9.78 Å². The first-order valence-corrected chi connectivity index (χ1v) is 7.79. The Kier molecular flexibility index (Phi) is 4.74. The largest absolute Gasteiger partial charge is 0.386 e. The lowest BCUT2D eigenvalue weighted by atomic mass is 10.1. The number of imide groups is 1. The van der Waals surface area contributed by atoms with Crippen LogP contribution in [0.1, 0.15) is 5.56 Å². The van der Waals surface area contributed by atoms with Crippen molar-refractivity contribution in [3.63, 3.8) is 0 Å². The Morgan fingerprint density at radius 1 is 1.23 bits per heavy atom. The molecule has 2 heterocycles. The first-order chi connectivity index (χ1) is 12.5. The molecule has 1 aromatic carbocycles. The van der Waals surface area contributed by atoms with Crippen molar-refractivity contribution in [3.8, 4) is 11.3 Å². The van der Waals surface area contributed by atoms with Crippen molar-refractivity contribution in [3.05, 3.63) is 65.7 Å². The standard InChI is InChI=1S/C18H16FN5O2/c1-24-17(25)13(16(20)23-18(24)26)10-21-9-11-5-7-12(8-6-11)14-3-2-4-15(19)22-14/h2-8,10,21H,9H2,1H3,(H2,20,23,26)/b13-10+. The number of likely N-dealkylation sites (N-methyl/N-ethyl adjacent to an activating group) is 1. The molecule has 3 amide bonds. The van der Waals surface area contributed by atoms with E-state index in [0.717, 1.165) is 16.0 Å². The van der Waals surface area contributed by atoms with Crippen LogP contribution in [0.15, 0.2) is 54.2 Å². The number of benzene rings is 1. The van der Waals surface area contributed by atoms with Gasteiger partial charge in [0.1, 0.15) is 5.84 Å². The van der Waals surface area contributed by atoms with Crippen LogP contribution in [0.5, 0.6) is 0 Å². The van der Waals surface area contributed by atoms with Crippen LogP contribution < -0.4 is 10.6 Å². The van der Waals surface area contributed by atoms with Crippen LogP contribution in [0.2, 0.25) is 0 Å². The van der Waals surface area contributed by atoms with Gasteiger partial charge >= 0.3 is 6.03 Å². The van der Waals surface area contributed by atoms with E-state index in [0.29, 0.717) is 12.2 Å². The maximum atomic E-state index is 13.2. The molecule has 0 radical (unpaired) electrons. The van der Waals surface area contributed by atoms with Gasteiger partial charge in [0, 0.05) is 25.4 Å². The molecule has 1 aliphatic heterocycles. The number of amides is 3. The van der Waals surface area contributed by atoms with Crippen LogP contribution in [-0.4, -0.2) is 34.7 Å². The average molecular weight is 353 g/mol. The fourth-order valence-corrected chi connectivity index (χ4v) is 2.41. The predicted molar refractivity (Wildman–Crippen MR) is 93.6 cm³/mol. The van der Waals surface area contributed by atoms with E-state index in [1.807, 2.05) is 24.3 Å². The summed E-state index contributed by atoms with van der Waals surface area (Å²) in [5, 5.41) is 12.9.